The maximum Gasteiger partial charge on any atom is 0.261 e. The van der Waals surface area contributed by atoms with Crippen LogP contribution in [0.1, 0.15) is 58.1 Å². The van der Waals surface area contributed by atoms with Crippen LogP contribution in [-0.4, -0.2) is 15.5 Å². The summed E-state index contributed by atoms with van der Waals surface area (Å²) in [5, 5.41) is 0. The second kappa shape index (κ2) is 6.29. The van der Waals surface area contributed by atoms with Crippen LogP contribution in [0.2, 0.25) is 0 Å². The topological polar surface area (TPSA) is 43.6 Å². The fourth-order valence-corrected chi connectivity index (χ4v) is 2.40. The lowest BCUT2D eigenvalue weighted by Gasteiger charge is -2.17. The van der Waals surface area contributed by atoms with Crippen molar-refractivity contribution in [2.24, 2.45) is 0 Å². The molecule has 0 saturated carbocycles. The SMILES string of the molecule is CCCc1ccn2c(=O)c(C(C)C)cnc2c1OC(C)C. The monoisotopic (exact) mass is 288 g/mol. The van der Waals surface area contributed by atoms with Gasteiger partial charge in [-0.1, -0.05) is 27.2 Å². The number of hydrogen-bond donors (Lipinski definition) is 0. The maximum absolute atomic E-state index is 12.5. The maximum atomic E-state index is 12.5. The third-order valence-electron chi connectivity index (χ3n) is 3.43. The Labute approximate surface area is 125 Å². The van der Waals surface area contributed by atoms with Gasteiger partial charge in [-0.2, -0.15) is 0 Å². The van der Waals surface area contributed by atoms with Crippen LogP contribution in [0.4, 0.5) is 0 Å². The minimum atomic E-state index is -0.00773. The van der Waals surface area contributed by atoms with E-state index in [0.717, 1.165) is 29.7 Å². The normalized spacial score (nSPS) is 11.6. The Kier molecular flexibility index (Phi) is 4.66. The quantitative estimate of drug-likeness (QED) is 0.845. The number of nitrogens with zero attached hydrogens (tertiary/aromatic N) is 2. The average molecular weight is 288 g/mol. The van der Waals surface area contributed by atoms with Crippen molar-refractivity contribution in [3.8, 4) is 5.75 Å². The molecule has 4 nitrogen and oxygen atoms in total. The first-order valence-corrected chi connectivity index (χ1v) is 7.65. The molecule has 0 fully saturated rings. The van der Waals surface area contributed by atoms with Crippen LogP contribution in [0, 0.1) is 0 Å². The van der Waals surface area contributed by atoms with Gasteiger partial charge in [-0.3, -0.25) is 9.20 Å². The van der Waals surface area contributed by atoms with E-state index in [2.05, 4.69) is 11.9 Å². The second-order valence-corrected chi connectivity index (χ2v) is 5.95. The zero-order valence-electron chi connectivity index (χ0n) is 13.5. The molecule has 0 aliphatic rings. The minimum Gasteiger partial charge on any atom is -0.487 e. The van der Waals surface area contributed by atoms with Crippen molar-refractivity contribution in [1.82, 2.24) is 9.38 Å². The van der Waals surface area contributed by atoms with E-state index >= 15 is 0 Å². The van der Waals surface area contributed by atoms with Gasteiger partial charge in [0.1, 0.15) is 0 Å². The van der Waals surface area contributed by atoms with Gasteiger partial charge in [0.25, 0.3) is 5.56 Å². The molecule has 0 saturated heterocycles. The fraction of sp³-hybridized carbons (Fsp3) is 0.529. The van der Waals surface area contributed by atoms with Crippen LogP contribution < -0.4 is 10.3 Å². The third kappa shape index (κ3) is 3.09. The van der Waals surface area contributed by atoms with E-state index in [1.807, 2.05) is 40.0 Å². The molecule has 2 aromatic heterocycles. The van der Waals surface area contributed by atoms with Crippen molar-refractivity contribution < 1.29 is 4.74 Å². The lowest BCUT2D eigenvalue weighted by Crippen LogP contribution is -2.21. The number of pyridine rings is 1. The molecular formula is C17H24N2O2. The predicted octanol–water partition coefficient (Wildman–Crippen LogP) is 3.56. The Morgan fingerprint density at radius 1 is 1.29 bits per heavy atom. The van der Waals surface area contributed by atoms with Gasteiger partial charge in [-0.15, -0.1) is 0 Å². The molecule has 0 aliphatic heterocycles. The number of fused-ring (bicyclic) bond motifs is 1. The van der Waals surface area contributed by atoms with Gasteiger partial charge in [0.05, 0.1) is 6.10 Å². The highest BCUT2D eigenvalue weighted by Crippen LogP contribution is 2.26. The minimum absolute atomic E-state index is 0.00773. The molecule has 21 heavy (non-hydrogen) atoms. The molecule has 0 atom stereocenters. The Morgan fingerprint density at radius 2 is 2.00 bits per heavy atom. The van der Waals surface area contributed by atoms with Crippen LogP contribution in [0.3, 0.4) is 0 Å². The van der Waals surface area contributed by atoms with E-state index in [1.165, 1.54) is 0 Å². The summed E-state index contributed by atoms with van der Waals surface area (Å²) in [6.07, 6.45) is 5.49. The molecule has 0 aliphatic carbocycles. The van der Waals surface area contributed by atoms with Gasteiger partial charge in [0, 0.05) is 18.0 Å². The van der Waals surface area contributed by atoms with Gasteiger partial charge in [0.2, 0.25) is 0 Å². The summed E-state index contributed by atoms with van der Waals surface area (Å²) in [5.74, 6) is 0.897. The number of aromatic nitrogens is 2. The summed E-state index contributed by atoms with van der Waals surface area (Å²) >= 11 is 0. The zero-order chi connectivity index (χ0) is 15.6. The summed E-state index contributed by atoms with van der Waals surface area (Å²) in [5.41, 5.74) is 2.44. The van der Waals surface area contributed by atoms with Crippen molar-refractivity contribution in [1.29, 1.82) is 0 Å². The fourth-order valence-electron chi connectivity index (χ4n) is 2.40. The standard InChI is InChI=1S/C17H24N2O2/c1-6-7-13-8-9-19-16(15(13)21-12(4)5)18-10-14(11(2)3)17(19)20/h8-12H,6-7H2,1-5H3. The summed E-state index contributed by atoms with van der Waals surface area (Å²) in [6.45, 7) is 10.1. The smallest absolute Gasteiger partial charge is 0.261 e. The molecule has 0 radical (unpaired) electrons. The van der Waals surface area contributed by atoms with Crippen molar-refractivity contribution in [3.05, 3.63) is 39.9 Å². The van der Waals surface area contributed by atoms with E-state index in [-0.39, 0.29) is 17.6 Å². The predicted molar refractivity (Wildman–Crippen MR) is 85.3 cm³/mol. The van der Waals surface area contributed by atoms with Gasteiger partial charge in [-0.25, -0.2) is 4.98 Å². The molecule has 2 heterocycles. The molecule has 2 aromatic rings. The second-order valence-electron chi connectivity index (χ2n) is 5.95. The molecule has 0 amide bonds. The highest BCUT2D eigenvalue weighted by atomic mass is 16.5. The first-order chi connectivity index (χ1) is 9.95. The van der Waals surface area contributed by atoms with E-state index in [0.29, 0.717) is 5.65 Å². The Bertz CT molecular complexity index is 687. The number of aryl methyl sites for hydroxylation is 1. The molecule has 114 valence electrons. The van der Waals surface area contributed by atoms with E-state index in [9.17, 15) is 4.79 Å². The Morgan fingerprint density at radius 3 is 2.57 bits per heavy atom. The molecule has 0 N–H and O–H groups in total. The van der Waals surface area contributed by atoms with Crippen LogP contribution in [-0.2, 0) is 6.42 Å². The average Bonchev–Trinajstić information content (AvgIpc) is 2.41. The van der Waals surface area contributed by atoms with Crippen LogP contribution in [0.25, 0.3) is 5.65 Å². The molecular weight excluding hydrogens is 264 g/mol. The first kappa shape index (κ1) is 15.5. The Hall–Kier alpha value is -1.84. The van der Waals surface area contributed by atoms with Crippen molar-refractivity contribution in [2.75, 3.05) is 0 Å². The van der Waals surface area contributed by atoms with E-state index < -0.39 is 0 Å². The largest absolute Gasteiger partial charge is 0.487 e. The van der Waals surface area contributed by atoms with Crippen LogP contribution in [0.15, 0.2) is 23.3 Å². The lowest BCUT2D eigenvalue weighted by atomic mass is 10.1. The Balaban J connectivity index is 2.72. The van der Waals surface area contributed by atoms with Crippen molar-refractivity contribution >= 4 is 5.65 Å². The number of rotatable bonds is 5. The molecule has 2 rings (SSSR count). The van der Waals surface area contributed by atoms with Crippen molar-refractivity contribution in [2.45, 2.75) is 59.5 Å². The molecule has 0 unspecified atom stereocenters. The number of ether oxygens (including phenoxy) is 1. The molecule has 0 spiro atoms. The summed E-state index contributed by atoms with van der Waals surface area (Å²) in [7, 11) is 0. The summed E-state index contributed by atoms with van der Waals surface area (Å²) < 4.78 is 7.55. The summed E-state index contributed by atoms with van der Waals surface area (Å²) in [6, 6.07) is 1.97. The highest BCUT2D eigenvalue weighted by Gasteiger charge is 2.15. The van der Waals surface area contributed by atoms with E-state index in [1.54, 1.807) is 10.6 Å². The van der Waals surface area contributed by atoms with Crippen LogP contribution >= 0.6 is 0 Å². The van der Waals surface area contributed by atoms with Crippen LogP contribution in [0.5, 0.6) is 5.75 Å². The van der Waals surface area contributed by atoms with Gasteiger partial charge in [-0.05, 0) is 37.8 Å². The summed E-state index contributed by atoms with van der Waals surface area (Å²) in [4.78, 5) is 17.0. The third-order valence-corrected chi connectivity index (χ3v) is 3.43. The van der Waals surface area contributed by atoms with E-state index in [4.69, 9.17) is 4.74 Å². The van der Waals surface area contributed by atoms with Gasteiger partial charge < -0.3 is 4.74 Å². The lowest BCUT2D eigenvalue weighted by molar-refractivity contribution is 0.241. The first-order valence-electron chi connectivity index (χ1n) is 7.65. The molecule has 0 aromatic carbocycles. The highest BCUT2D eigenvalue weighted by molar-refractivity contribution is 5.58. The zero-order valence-corrected chi connectivity index (χ0v) is 13.5. The van der Waals surface area contributed by atoms with Gasteiger partial charge in [0.15, 0.2) is 11.4 Å². The molecule has 4 heteroatoms. The van der Waals surface area contributed by atoms with Gasteiger partial charge >= 0.3 is 0 Å². The molecule has 0 bridgehead atoms. The number of hydrogen-bond acceptors (Lipinski definition) is 3. The van der Waals surface area contributed by atoms with Crippen molar-refractivity contribution in [3.63, 3.8) is 0 Å².